The van der Waals surface area contributed by atoms with Crippen LogP contribution in [0.25, 0.3) is 0 Å². The second kappa shape index (κ2) is 6.18. The fourth-order valence-electron chi connectivity index (χ4n) is 2.24. The van der Waals surface area contributed by atoms with Crippen LogP contribution in [0.2, 0.25) is 0 Å². The number of aliphatic hydroxyl groups is 1. The molecule has 1 aromatic rings. The summed E-state index contributed by atoms with van der Waals surface area (Å²) in [5.41, 5.74) is 0.917. The van der Waals surface area contributed by atoms with Gasteiger partial charge in [-0.2, -0.15) is 0 Å². The number of nitrogens with zero attached hydrogens (tertiary/aromatic N) is 1. The fourth-order valence-corrected chi connectivity index (χ4v) is 2.24. The maximum absolute atomic E-state index is 10.3. The van der Waals surface area contributed by atoms with Gasteiger partial charge in [0.1, 0.15) is 5.75 Å². The smallest absolute Gasteiger partial charge is 0.119 e. The van der Waals surface area contributed by atoms with Crippen LogP contribution in [0.5, 0.6) is 5.75 Å². The van der Waals surface area contributed by atoms with Crippen LogP contribution in [0.15, 0.2) is 24.3 Å². The van der Waals surface area contributed by atoms with Crippen LogP contribution in [-0.2, 0) is 0 Å². The number of methoxy groups -OCH3 is 1. The van der Waals surface area contributed by atoms with Gasteiger partial charge in [0.05, 0.1) is 13.2 Å². The van der Waals surface area contributed by atoms with Crippen LogP contribution in [0.4, 0.5) is 0 Å². The first-order chi connectivity index (χ1) is 8.74. The number of nitrogens with one attached hydrogen (secondary N) is 1. The molecule has 4 nitrogen and oxygen atoms in total. The lowest BCUT2D eigenvalue weighted by Gasteiger charge is -2.38. The Bertz CT molecular complexity index is 380. The van der Waals surface area contributed by atoms with Gasteiger partial charge in [0.25, 0.3) is 0 Å². The Balaban J connectivity index is 1.98. The number of rotatable bonds is 6. The Kier molecular flexibility index (Phi) is 4.58. The van der Waals surface area contributed by atoms with Gasteiger partial charge >= 0.3 is 0 Å². The summed E-state index contributed by atoms with van der Waals surface area (Å²) in [4.78, 5) is 2.32. The zero-order valence-corrected chi connectivity index (χ0v) is 11.1. The summed E-state index contributed by atoms with van der Waals surface area (Å²) in [6.07, 6.45) is -0.458. The highest BCUT2D eigenvalue weighted by Gasteiger charge is 2.25. The maximum Gasteiger partial charge on any atom is 0.119 e. The van der Waals surface area contributed by atoms with Crippen molar-refractivity contribution in [2.24, 2.45) is 0 Å². The van der Waals surface area contributed by atoms with Gasteiger partial charge in [0.2, 0.25) is 0 Å². The van der Waals surface area contributed by atoms with Gasteiger partial charge in [0.15, 0.2) is 0 Å². The third kappa shape index (κ3) is 3.02. The Morgan fingerprint density at radius 3 is 2.83 bits per heavy atom. The minimum Gasteiger partial charge on any atom is -0.497 e. The van der Waals surface area contributed by atoms with Crippen molar-refractivity contribution in [3.8, 4) is 5.75 Å². The van der Waals surface area contributed by atoms with Crippen molar-refractivity contribution < 1.29 is 9.84 Å². The second-order valence-corrected chi connectivity index (χ2v) is 4.69. The normalized spacial score (nSPS) is 17.6. The molecule has 1 unspecified atom stereocenters. The van der Waals surface area contributed by atoms with Gasteiger partial charge in [-0.15, -0.1) is 0 Å². The molecule has 2 rings (SSSR count). The van der Waals surface area contributed by atoms with Crippen molar-refractivity contribution in [3.63, 3.8) is 0 Å². The second-order valence-electron chi connectivity index (χ2n) is 4.69. The van der Waals surface area contributed by atoms with E-state index >= 15 is 0 Å². The van der Waals surface area contributed by atoms with Crippen molar-refractivity contribution in [3.05, 3.63) is 29.8 Å². The summed E-state index contributed by atoms with van der Waals surface area (Å²) >= 11 is 0. The van der Waals surface area contributed by atoms with Crippen LogP contribution in [0.1, 0.15) is 18.6 Å². The maximum atomic E-state index is 10.3. The number of hydrogen-bond acceptors (Lipinski definition) is 4. The minimum absolute atomic E-state index is 0.458. The molecular weight excluding hydrogens is 228 g/mol. The van der Waals surface area contributed by atoms with Gasteiger partial charge < -0.3 is 15.2 Å². The molecule has 0 spiro atoms. The molecule has 1 aliphatic rings. The van der Waals surface area contributed by atoms with E-state index in [4.69, 9.17) is 4.74 Å². The molecule has 1 fully saturated rings. The summed E-state index contributed by atoms with van der Waals surface area (Å²) in [5, 5.41) is 13.6. The monoisotopic (exact) mass is 250 g/mol. The van der Waals surface area contributed by atoms with Gasteiger partial charge in [-0.3, -0.25) is 4.90 Å². The van der Waals surface area contributed by atoms with Gasteiger partial charge in [0, 0.05) is 25.7 Å². The quantitative estimate of drug-likeness (QED) is 0.791. The van der Waals surface area contributed by atoms with Crippen molar-refractivity contribution >= 4 is 0 Å². The molecule has 0 saturated carbocycles. The van der Waals surface area contributed by atoms with Gasteiger partial charge in [-0.05, 0) is 24.2 Å². The zero-order chi connectivity index (χ0) is 13.0. The number of benzene rings is 1. The van der Waals surface area contributed by atoms with E-state index in [2.05, 4.69) is 17.1 Å². The van der Waals surface area contributed by atoms with Crippen LogP contribution < -0.4 is 10.1 Å². The Labute approximate surface area is 109 Å². The van der Waals surface area contributed by atoms with E-state index in [-0.39, 0.29) is 0 Å². The third-order valence-corrected chi connectivity index (χ3v) is 3.57. The highest BCUT2D eigenvalue weighted by molar-refractivity contribution is 5.29. The standard InChI is InChI=1S/C14H22N2O2/c1-3-16(12-8-15-9-12)10-14(17)11-5-4-6-13(7-11)18-2/h4-7,12,14-15,17H,3,8-10H2,1-2H3. The van der Waals surface area contributed by atoms with Gasteiger partial charge in [-0.1, -0.05) is 19.1 Å². The molecule has 1 aliphatic heterocycles. The van der Waals surface area contributed by atoms with E-state index < -0.39 is 6.10 Å². The Morgan fingerprint density at radius 1 is 1.50 bits per heavy atom. The van der Waals surface area contributed by atoms with Crippen molar-refractivity contribution in [1.82, 2.24) is 10.2 Å². The predicted octanol–water partition coefficient (Wildman–Crippen LogP) is 1.02. The predicted molar refractivity (Wildman–Crippen MR) is 71.9 cm³/mol. The molecule has 0 amide bonds. The topological polar surface area (TPSA) is 44.7 Å². The molecule has 100 valence electrons. The zero-order valence-electron chi connectivity index (χ0n) is 11.1. The van der Waals surface area contributed by atoms with E-state index in [0.29, 0.717) is 12.6 Å². The summed E-state index contributed by atoms with van der Waals surface area (Å²) in [5.74, 6) is 0.792. The Morgan fingerprint density at radius 2 is 2.28 bits per heavy atom. The lowest BCUT2D eigenvalue weighted by molar-refractivity contribution is 0.0715. The number of aliphatic hydroxyl groups excluding tert-OH is 1. The van der Waals surface area contributed by atoms with Crippen LogP contribution >= 0.6 is 0 Å². The van der Waals surface area contributed by atoms with Crippen molar-refractivity contribution in [2.75, 3.05) is 33.3 Å². The van der Waals surface area contributed by atoms with Gasteiger partial charge in [-0.25, -0.2) is 0 Å². The number of likely N-dealkylation sites (N-methyl/N-ethyl adjacent to an activating group) is 1. The van der Waals surface area contributed by atoms with Crippen LogP contribution in [0, 0.1) is 0 Å². The summed E-state index contributed by atoms with van der Waals surface area (Å²) in [7, 11) is 1.64. The minimum atomic E-state index is -0.458. The lowest BCUT2D eigenvalue weighted by Crippen LogP contribution is -2.57. The first-order valence-corrected chi connectivity index (χ1v) is 6.51. The average Bonchev–Trinajstić information content (AvgIpc) is 2.35. The molecule has 0 aromatic heterocycles. The molecular formula is C14H22N2O2. The van der Waals surface area contributed by atoms with E-state index in [1.54, 1.807) is 7.11 Å². The molecule has 4 heteroatoms. The highest BCUT2D eigenvalue weighted by Crippen LogP contribution is 2.21. The first-order valence-electron chi connectivity index (χ1n) is 6.51. The van der Waals surface area contributed by atoms with Crippen molar-refractivity contribution in [2.45, 2.75) is 19.1 Å². The third-order valence-electron chi connectivity index (χ3n) is 3.57. The largest absolute Gasteiger partial charge is 0.497 e. The molecule has 1 atom stereocenters. The van der Waals surface area contributed by atoms with Crippen LogP contribution in [-0.4, -0.2) is 49.3 Å². The van der Waals surface area contributed by atoms with E-state index in [1.807, 2.05) is 24.3 Å². The van der Waals surface area contributed by atoms with Crippen LogP contribution in [0.3, 0.4) is 0 Å². The molecule has 0 bridgehead atoms. The summed E-state index contributed by atoms with van der Waals surface area (Å²) < 4.78 is 5.18. The summed E-state index contributed by atoms with van der Waals surface area (Å²) in [6, 6.07) is 8.22. The lowest BCUT2D eigenvalue weighted by atomic mass is 10.1. The molecule has 18 heavy (non-hydrogen) atoms. The van der Waals surface area contributed by atoms with Crippen molar-refractivity contribution in [1.29, 1.82) is 0 Å². The Hall–Kier alpha value is -1.10. The molecule has 0 aliphatic carbocycles. The molecule has 1 heterocycles. The van der Waals surface area contributed by atoms with E-state index in [0.717, 1.165) is 30.9 Å². The average molecular weight is 250 g/mol. The first kappa shape index (κ1) is 13.3. The molecule has 2 N–H and O–H groups in total. The number of ether oxygens (including phenoxy) is 1. The molecule has 1 aromatic carbocycles. The SMILES string of the molecule is CCN(CC(O)c1cccc(OC)c1)C1CNC1. The fraction of sp³-hybridized carbons (Fsp3) is 0.571. The molecule has 0 radical (unpaired) electrons. The number of hydrogen-bond donors (Lipinski definition) is 2. The molecule has 1 saturated heterocycles. The summed E-state index contributed by atoms with van der Waals surface area (Å²) in [6.45, 7) is 5.83. The van der Waals surface area contributed by atoms with E-state index in [1.165, 1.54) is 0 Å². The highest BCUT2D eigenvalue weighted by atomic mass is 16.5. The van der Waals surface area contributed by atoms with E-state index in [9.17, 15) is 5.11 Å².